The third-order valence-corrected chi connectivity index (χ3v) is 15.2. The lowest BCUT2D eigenvalue weighted by Crippen LogP contribution is -2.30. The van der Waals surface area contributed by atoms with Crippen LogP contribution >= 0.6 is 0 Å². The van der Waals surface area contributed by atoms with E-state index in [-0.39, 0.29) is 17.4 Å². The normalized spacial score (nSPS) is 17.1. The molecule has 69 heavy (non-hydrogen) atoms. The first-order valence-electron chi connectivity index (χ1n) is 24.2. The number of aromatic nitrogens is 4. The lowest BCUT2D eigenvalue weighted by Gasteiger charge is -2.29. The van der Waals surface area contributed by atoms with Gasteiger partial charge in [0.15, 0.2) is 17.5 Å². The SMILES string of the molecule is CC1(C)c2cc3c(cc2-c2c1ccc1c2=CCCC=1)c1cc(C2=CC4c5ccccc5N(c5ccccc5)C4C=C2)ccc1n3-c1cccc(-c2nc(-c3ccccc3)nc(-c3ccccc3)n2)c1. The summed E-state index contributed by atoms with van der Waals surface area (Å²) in [4.78, 5) is 17.8. The van der Waals surface area contributed by atoms with E-state index in [1.807, 2.05) is 36.4 Å². The van der Waals surface area contributed by atoms with Crippen molar-refractivity contribution in [1.29, 1.82) is 0 Å². The van der Waals surface area contributed by atoms with E-state index >= 15 is 0 Å². The second-order valence-electron chi connectivity index (χ2n) is 19.4. The molecule has 3 heterocycles. The highest BCUT2D eigenvalue weighted by Crippen LogP contribution is 2.52. The zero-order valence-electron chi connectivity index (χ0n) is 38.5. The van der Waals surface area contributed by atoms with Crippen molar-refractivity contribution in [2.75, 3.05) is 4.90 Å². The molecular formula is C64H47N5. The largest absolute Gasteiger partial charge is 0.333 e. The topological polar surface area (TPSA) is 46.8 Å². The van der Waals surface area contributed by atoms with Crippen LogP contribution in [-0.2, 0) is 5.41 Å². The van der Waals surface area contributed by atoms with Crippen molar-refractivity contribution in [3.8, 4) is 51.0 Å². The van der Waals surface area contributed by atoms with Crippen LogP contribution < -0.4 is 15.3 Å². The highest BCUT2D eigenvalue weighted by atomic mass is 15.2. The fraction of sp³-hybridized carbons (Fsp3) is 0.109. The number of para-hydroxylation sites is 2. The molecule has 2 aromatic heterocycles. The summed E-state index contributed by atoms with van der Waals surface area (Å²) < 4.78 is 2.47. The molecule has 0 saturated carbocycles. The molecule has 1 aliphatic heterocycles. The van der Waals surface area contributed by atoms with Crippen molar-refractivity contribution >= 4 is 50.9 Å². The van der Waals surface area contributed by atoms with E-state index < -0.39 is 0 Å². The molecule has 0 N–H and O–H groups in total. The molecule has 3 aliphatic carbocycles. The van der Waals surface area contributed by atoms with Crippen molar-refractivity contribution in [3.05, 3.63) is 233 Å². The number of benzene rings is 8. The van der Waals surface area contributed by atoms with E-state index in [0.717, 1.165) is 40.7 Å². The molecule has 14 rings (SSSR count). The lowest BCUT2D eigenvalue weighted by atomic mass is 9.82. The van der Waals surface area contributed by atoms with Gasteiger partial charge >= 0.3 is 0 Å². The third-order valence-electron chi connectivity index (χ3n) is 15.2. The van der Waals surface area contributed by atoms with E-state index in [1.165, 1.54) is 77.1 Å². The molecule has 10 aromatic rings. The van der Waals surface area contributed by atoms with Crippen molar-refractivity contribution in [2.24, 2.45) is 0 Å². The first-order valence-corrected chi connectivity index (χ1v) is 24.2. The molecule has 0 amide bonds. The van der Waals surface area contributed by atoms with Crippen LogP contribution in [0.3, 0.4) is 0 Å². The first-order chi connectivity index (χ1) is 34.0. The molecule has 2 atom stereocenters. The van der Waals surface area contributed by atoms with Gasteiger partial charge in [-0.15, -0.1) is 0 Å². The van der Waals surface area contributed by atoms with E-state index in [4.69, 9.17) is 15.0 Å². The van der Waals surface area contributed by atoms with Crippen LogP contribution in [0.2, 0.25) is 0 Å². The van der Waals surface area contributed by atoms with Gasteiger partial charge in [0.25, 0.3) is 0 Å². The van der Waals surface area contributed by atoms with Crippen LogP contribution in [-0.4, -0.2) is 25.6 Å². The fourth-order valence-electron chi connectivity index (χ4n) is 11.9. The molecule has 0 bridgehead atoms. The predicted molar refractivity (Wildman–Crippen MR) is 284 cm³/mol. The van der Waals surface area contributed by atoms with Crippen molar-refractivity contribution in [2.45, 2.75) is 44.1 Å². The molecular weight excluding hydrogens is 839 g/mol. The number of hydrogen-bond donors (Lipinski definition) is 0. The molecule has 0 spiro atoms. The fourth-order valence-corrected chi connectivity index (χ4v) is 11.9. The monoisotopic (exact) mass is 885 g/mol. The van der Waals surface area contributed by atoms with E-state index in [1.54, 1.807) is 0 Å². The second kappa shape index (κ2) is 15.3. The molecule has 0 radical (unpaired) electrons. The summed E-state index contributed by atoms with van der Waals surface area (Å²) in [7, 11) is 0. The Morgan fingerprint density at radius 2 is 1.17 bits per heavy atom. The number of fused-ring (bicyclic) bond motifs is 11. The maximum absolute atomic E-state index is 5.14. The minimum Gasteiger partial charge on any atom is -0.333 e. The predicted octanol–water partition coefficient (Wildman–Crippen LogP) is 13.9. The average molecular weight is 886 g/mol. The van der Waals surface area contributed by atoms with Gasteiger partial charge in [0.1, 0.15) is 0 Å². The average Bonchev–Trinajstić information content (AvgIpc) is 4.00. The van der Waals surface area contributed by atoms with E-state index in [0.29, 0.717) is 17.5 Å². The van der Waals surface area contributed by atoms with Crippen LogP contribution in [0.25, 0.3) is 90.5 Å². The summed E-state index contributed by atoms with van der Waals surface area (Å²) in [6, 6.07) is 66.0. The van der Waals surface area contributed by atoms with E-state index in [9.17, 15) is 0 Å². The number of allylic oxidation sites excluding steroid dienone is 2. The Balaban J connectivity index is 0.966. The quantitative estimate of drug-likeness (QED) is 0.167. The van der Waals surface area contributed by atoms with Crippen molar-refractivity contribution in [1.82, 2.24) is 19.5 Å². The first kappa shape index (κ1) is 39.7. The number of rotatable bonds is 6. The second-order valence-corrected chi connectivity index (χ2v) is 19.4. The van der Waals surface area contributed by atoms with Crippen LogP contribution in [0.5, 0.6) is 0 Å². The van der Waals surface area contributed by atoms with Gasteiger partial charge in [-0.3, -0.25) is 0 Å². The van der Waals surface area contributed by atoms with Gasteiger partial charge < -0.3 is 9.47 Å². The maximum Gasteiger partial charge on any atom is 0.164 e. The van der Waals surface area contributed by atoms with Crippen LogP contribution in [0, 0.1) is 0 Å². The Morgan fingerprint density at radius 3 is 1.94 bits per heavy atom. The summed E-state index contributed by atoms with van der Waals surface area (Å²) in [5.74, 6) is 2.16. The van der Waals surface area contributed by atoms with Gasteiger partial charge in [0, 0.05) is 55.9 Å². The van der Waals surface area contributed by atoms with Crippen molar-refractivity contribution < 1.29 is 0 Å². The highest BCUT2D eigenvalue weighted by molar-refractivity contribution is 6.12. The van der Waals surface area contributed by atoms with Gasteiger partial charge in [-0.25, -0.2) is 15.0 Å². The molecule has 5 nitrogen and oxygen atoms in total. The molecule has 8 aromatic carbocycles. The Kier molecular flexibility index (Phi) is 8.82. The van der Waals surface area contributed by atoms with Crippen LogP contribution in [0.1, 0.15) is 54.9 Å². The number of nitrogens with zero attached hydrogens (tertiary/aromatic N) is 5. The lowest BCUT2D eigenvalue weighted by molar-refractivity contribution is 0.660. The summed E-state index contributed by atoms with van der Waals surface area (Å²) >= 11 is 0. The van der Waals surface area contributed by atoms with Gasteiger partial charge in [0.2, 0.25) is 0 Å². The number of hydrogen-bond acceptors (Lipinski definition) is 4. The van der Waals surface area contributed by atoms with Crippen molar-refractivity contribution in [3.63, 3.8) is 0 Å². The zero-order chi connectivity index (χ0) is 45.8. The summed E-state index contributed by atoms with van der Waals surface area (Å²) in [5.41, 5.74) is 17.9. The molecule has 0 saturated heterocycles. The summed E-state index contributed by atoms with van der Waals surface area (Å²) in [6.07, 6.45) is 14.3. The Hall–Kier alpha value is -8.41. The third kappa shape index (κ3) is 6.20. The van der Waals surface area contributed by atoms with Gasteiger partial charge in [-0.1, -0.05) is 172 Å². The minimum atomic E-state index is -0.181. The molecule has 328 valence electrons. The Morgan fingerprint density at radius 1 is 0.522 bits per heavy atom. The minimum absolute atomic E-state index is 0.181. The smallest absolute Gasteiger partial charge is 0.164 e. The van der Waals surface area contributed by atoms with Gasteiger partial charge in [-0.2, -0.15) is 0 Å². The van der Waals surface area contributed by atoms with Gasteiger partial charge in [0.05, 0.1) is 17.1 Å². The molecule has 2 unspecified atom stereocenters. The van der Waals surface area contributed by atoms with Crippen LogP contribution in [0.15, 0.2) is 200 Å². The summed E-state index contributed by atoms with van der Waals surface area (Å²) in [6.45, 7) is 4.80. The molecule has 0 fully saturated rings. The zero-order valence-corrected chi connectivity index (χ0v) is 38.5. The maximum atomic E-state index is 5.14. The Labute approximate surface area is 401 Å². The van der Waals surface area contributed by atoms with E-state index in [2.05, 4.69) is 199 Å². The highest BCUT2D eigenvalue weighted by Gasteiger charge is 2.39. The number of anilines is 2. The summed E-state index contributed by atoms with van der Waals surface area (Å²) in [5, 5.41) is 5.21. The van der Waals surface area contributed by atoms with Gasteiger partial charge in [-0.05, 0) is 117 Å². The van der Waals surface area contributed by atoms with Crippen LogP contribution in [0.4, 0.5) is 11.4 Å². The molecule has 4 aliphatic rings. The molecule has 5 heteroatoms. The Bertz CT molecular complexity index is 3880. The standard InChI is InChI=1S/C64H47N5/c1-64(2)54-32-29-40-17-12-13-26-48(40)60(54)53-38-52-51-37-44(43-30-33-57-50(36-43)49-27-14-15-28-56(49)68(57)46-23-10-5-11-24-46)31-34-58(51)69(59(52)39-55(53)64)47-25-16-22-45(35-47)63-66-61(41-18-6-3-7-19-41)65-62(67-63)42-20-8-4-9-21-42/h3-11,14-39,50,57H,12-13H2,1-2H3.